The standard InChI is InChI=1S/C39H50F5N5O11/c1-21(2)34(48-27(52)12-15-57-17-18-58-16-13-28(53)60-35-32(43)30(41)29(40)31(42)33(35)44)26(51)19-24(7-6-14-46-37(45)55)36(54)47-25-10-8-23(9-11-25)20-59-38(56)49-39(4,5)22(3)50/h8-11,21,24,34H,6-7,12-20H2,1-5H3,(H,47,54)(H,48,52)(H,49,56)(H3,45,46,55)/t24-,34+/m1/s1. The Labute approximate surface area is 342 Å². The summed E-state index contributed by atoms with van der Waals surface area (Å²) in [4.78, 5) is 86.4. The van der Waals surface area contributed by atoms with E-state index < -0.39 is 94.4 Å². The normalized spacial score (nSPS) is 12.2. The number of benzene rings is 2. The number of urea groups is 1. The van der Waals surface area contributed by atoms with Crippen LogP contribution in [0.4, 0.5) is 37.2 Å². The number of halogens is 5. The fourth-order valence-electron chi connectivity index (χ4n) is 5.06. The van der Waals surface area contributed by atoms with Crippen molar-refractivity contribution in [2.75, 3.05) is 38.3 Å². The van der Waals surface area contributed by atoms with Crippen LogP contribution in [0.5, 0.6) is 5.75 Å². The summed E-state index contributed by atoms with van der Waals surface area (Å²) in [6.45, 7) is 7.23. The summed E-state index contributed by atoms with van der Waals surface area (Å²) in [6.07, 6.45) is -1.34. The molecule has 332 valence electrons. The van der Waals surface area contributed by atoms with Crippen molar-refractivity contribution in [2.24, 2.45) is 17.6 Å². The first kappa shape index (κ1) is 50.4. The summed E-state index contributed by atoms with van der Waals surface area (Å²) < 4.78 is 87.0. The molecule has 0 aliphatic carbocycles. The fourth-order valence-corrected chi connectivity index (χ4v) is 5.06. The Balaban J connectivity index is 1.85. The number of alkyl carbamates (subject to hydrolysis) is 1. The van der Waals surface area contributed by atoms with Gasteiger partial charge in [0.25, 0.3) is 0 Å². The summed E-state index contributed by atoms with van der Waals surface area (Å²) in [5.41, 5.74) is 5.00. The largest absolute Gasteiger partial charge is 0.445 e. The highest BCUT2D eigenvalue weighted by molar-refractivity contribution is 5.97. The van der Waals surface area contributed by atoms with E-state index in [1.54, 1.807) is 52.0 Å². The lowest BCUT2D eigenvalue weighted by Gasteiger charge is -2.24. The first-order chi connectivity index (χ1) is 28.1. The Morgan fingerprint density at radius 2 is 1.37 bits per heavy atom. The smallest absolute Gasteiger partial charge is 0.408 e. The highest BCUT2D eigenvalue weighted by atomic mass is 19.2. The molecule has 6 N–H and O–H groups in total. The number of carbonyl (C=O) groups is 7. The summed E-state index contributed by atoms with van der Waals surface area (Å²) in [5, 5.41) is 10.3. The van der Waals surface area contributed by atoms with Gasteiger partial charge in [0.15, 0.2) is 11.6 Å². The van der Waals surface area contributed by atoms with Crippen molar-refractivity contribution in [1.29, 1.82) is 0 Å². The van der Waals surface area contributed by atoms with E-state index in [9.17, 15) is 55.5 Å². The number of Topliss-reactive ketones (excluding diaryl/α,β-unsaturated/α-hetero) is 2. The van der Waals surface area contributed by atoms with Gasteiger partial charge in [-0.25, -0.2) is 22.8 Å². The third-order valence-corrected chi connectivity index (χ3v) is 8.74. The van der Waals surface area contributed by atoms with Gasteiger partial charge in [0, 0.05) is 31.0 Å². The van der Waals surface area contributed by atoms with Crippen LogP contribution in [-0.4, -0.2) is 86.0 Å². The Bertz CT molecular complexity index is 1820. The molecule has 60 heavy (non-hydrogen) atoms. The molecule has 0 heterocycles. The van der Waals surface area contributed by atoms with Crippen LogP contribution in [0.25, 0.3) is 0 Å². The van der Waals surface area contributed by atoms with Crippen LogP contribution < -0.4 is 31.7 Å². The lowest BCUT2D eigenvalue weighted by molar-refractivity contribution is -0.136. The highest BCUT2D eigenvalue weighted by Crippen LogP contribution is 2.29. The Hall–Kier alpha value is -5.70. The number of amides is 5. The van der Waals surface area contributed by atoms with Crippen molar-refractivity contribution in [2.45, 2.75) is 84.9 Å². The molecule has 2 atom stereocenters. The van der Waals surface area contributed by atoms with Gasteiger partial charge in [0.1, 0.15) is 6.61 Å². The van der Waals surface area contributed by atoms with Crippen LogP contribution in [-0.2, 0) is 44.8 Å². The van der Waals surface area contributed by atoms with Crippen molar-refractivity contribution in [3.63, 3.8) is 0 Å². The zero-order valence-electron chi connectivity index (χ0n) is 33.8. The molecule has 0 fully saturated rings. The third kappa shape index (κ3) is 16.9. The van der Waals surface area contributed by atoms with Gasteiger partial charge >= 0.3 is 18.1 Å². The van der Waals surface area contributed by atoms with Crippen LogP contribution in [0.15, 0.2) is 24.3 Å². The summed E-state index contributed by atoms with van der Waals surface area (Å²) in [7, 11) is 0. The number of esters is 1. The van der Waals surface area contributed by atoms with E-state index in [-0.39, 0.29) is 70.5 Å². The number of nitrogens with two attached hydrogens (primary N) is 1. The molecule has 0 unspecified atom stereocenters. The number of ether oxygens (including phenoxy) is 4. The maximum absolute atomic E-state index is 13.7. The minimum atomic E-state index is -2.40. The molecule has 2 aromatic rings. The van der Waals surface area contributed by atoms with Gasteiger partial charge in [-0.05, 0) is 57.2 Å². The number of hydrogen-bond donors (Lipinski definition) is 5. The third-order valence-electron chi connectivity index (χ3n) is 8.74. The average Bonchev–Trinajstić information content (AvgIpc) is 3.18. The molecular formula is C39H50F5N5O11. The zero-order chi connectivity index (χ0) is 45.2. The van der Waals surface area contributed by atoms with E-state index in [1.165, 1.54) is 6.92 Å². The van der Waals surface area contributed by atoms with Crippen molar-refractivity contribution in [3.8, 4) is 5.75 Å². The zero-order valence-corrected chi connectivity index (χ0v) is 33.8. The quantitative estimate of drug-likeness (QED) is 0.0233. The van der Waals surface area contributed by atoms with Crippen molar-refractivity contribution >= 4 is 47.2 Å². The van der Waals surface area contributed by atoms with Crippen LogP contribution in [0.3, 0.4) is 0 Å². The molecular weight excluding hydrogens is 809 g/mol. The van der Waals surface area contributed by atoms with Gasteiger partial charge < -0.3 is 45.9 Å². The van der Waals surface area contributed by atoms with E-state index in [2.05, 4.69) is 26.0 Å². The molecule has 0 aliphatic rings. The van der Waals surface area contributed by atoms with E-state index >= 15 is 0 Å². The second-order valence-electron chi connectivity index (χ2n) is 14.3. The molecule has 0 saturated heterocycles. The SMILES string of the molecule is CC(=O)C(C)(C)NC(=O)OCc1ccc(NC(=O)[C@H](CCCNC(N)=O)CC(=O)[C@@H](NC(=O)CCOCCOCCC(=O)Oc2c(F)c(F)c(F)c(F)c2F)C(C)C)cc1. The Morgan fingerprint density at radius 1 is 0.800 bits per heavy atom. The topological polar surface area (TPSA) is 231 Å². The first-order valence-electron chi connectivity index (χ1n) is 18.7. The predicted octanol–water partition coefficient (Wildman–Crippen LogP) is 4.50. The minimum Gasteiger partial charge on any atom is -0.445 e. The lowest BCUT2D eigenvalue weighted by Crippen LogP contribution is -2.48. The number of rotatable bonds is 25. The van der Waals surface area contributed by atoms with Gasteiger partial charge in [-0.1, -0.05) is 26.0 Å². The van der Waals surface area contributed by atoms with Crippen LogP contribution >= 0.6 is 0 Å². The summed E-state index contributed by atoms with van der Waals surface area (Å²) in [5.74, 6) is -17.6. The second kappa shape index (κ2) is 24.4. The molecule has 0 bridgehead atoms. The predicted molar refractivity (Wildman–Crippen MR) is 203 cm³/mol. The monoisotopic (exact) mass is 859 g/mol. The van der Waals surface area contributed by atoms with Crippen LogP contribution in [0.2, 0.25) is 0 Å². The minimum absolute atomic E-state index is 0.0672. The molecule has 0 radical (unpaired) electrons. The highest BCUT2D eigenvalue weighted by Gasteiger charge is 2.31. The molecule has 2 aromatic carbocycles. The van der Waals surface area contributed by atoms with Gasteiger partial charge in [-0.3, -0.25) is 24.0 Å². The molecule has 0 aliphatic heterocycles. The maximum atomic E-state index is 13.7. The van der Waals surface area contributed by atoms with Crippen LogP contribution in [0, 0.1) is 40.9 Å². The molecule has 5 amide bonds. The molecule has 0 aromatic heterocycles. The first-order valence-corrected chi connectivity index (χ1v) is 18.7. The number of primary amides is 1. The van der Waals surface area contributed by atoms with Crippen molar-refractivity contribution in [1.82, 2.24) is 16.0 Å². The van der Waals surface area contributed by atoms with Gasteiger partial charge in [-0.15, -0.1) is 0 Å². The molecule has 16 nitrogen and oxygen atoms in total. The van der Waals surface area contributed by atoms with E-state index in [1.807, 2.05) is 0 Å². The Kier molecular flexibility index (Phi) is 20.5. The van der Waals surface area contributed by atoms with E-state index in [0.29, 0.717) is 17.7 Å². The maximum Gasteiger partial charge on any atom is 0.408 e. The number of carbonyl (C=O) groups excluding carboxylic acids is 7. The van der Waals surface area contributed by atoms with E-state index in [4.69, 9.17) is 19.9 Å². The number of nitrogens with one attached hydrogen (secondary N) is 4. The van der Waals surface area contributed by atoms with Crippen molar-refractivity contribution < 1.29 is 74.5 Å². The number of anilines is 1. The molecule has 2 rings (SSSR count). The summed E-state index contributed by atoms with van der Waals surface area (Å²) in [6, 6.07) is 4.64. The molecule has 0 saturated carbocycles. The Morgan fingerprint density at radius 3 is 1.92 bits per heavy atom. The lowest BCUT2D eigenvalue weighted by atomic mass is 9.89. The van der Waals surface area contributed by atoms with E-state index in [0.717, 1.165) is 0 Å². The fraction of sp³-hybridized carbons (Fsp3) is 0.513. The van der Waals surface area contributed by atoms with Gasteiger partial charge in [0.05, 0.1) is 44.4 Å². The van der Waals surface area contributed by atoms with Crippen LogP contribution in [0.1, 0.15) is 72.3 Å². The number of hydrogen-bond acceptors (Lipinski definition) is 11. The van der Waals surface area contributed by atoms with Crippen molar-refractivity contribution in [3.05, 3.63) is 58.9 Å². The summed E-state index contributed by atoms with van der Waals surface area (Å²) >= 11 is 0. The number of ketones is 2. The second-order valence-corrected chi connectivity index (χ2v) is 14.3. The van der Waals surface area contributed by atoms with Gasteiger partial charge in [0.2, 0.25) is 46.6 Å². The molecule has 0 spiro atoms. The molecule has 21 heteroatoms. The average molecular weight is 860 g/mol. The van der Waals surface area contributed by atoms with Gasteiger partial charge in [-0.2, -0.15) is 8.78 Å².